The van der Waals surface area contributed by atoms with Crippen LogP contribution in [0.15, 0.2) is 24.3 Å². The van der Waals surface area contributed by atoms with Gasteiger partial charge in [0.2, 0.25) is 0 Å². The molecular weight excluding hydrogens is 160 g/mol. The molecule has 1 heterocycles. The fourth-order valence-corrected chi connectivity index (χ4v) is 1.06. The average molecular weight is 164 g/mol. The highest BCUT2D eigenvalue weighted by molar-refractivity contribution is 5.78. The minimum absolute atomic E-state index is 0.287. The third-order valence-electron chi connectivity index (χ3n) is 1.58. The first-order valence-corrected chi connectivity index (χ1v) is 3.39. The Morgan fingerprint density at radius 1 is 1.25 bits per heavy atom. The summed E-state index contributed by atoms with van der Waals surface area (Å²) in [5, 5.41) is 0.315. The van der Waals surface area contributed by atoms with Gasteiger partial charge in [0.15, 0.2) is 0 Å². The molecule has 0 fully saturated rings. The quantitative estimate of drug-likeness (QED) is 0.582. The van der Waals surface area contributed by atoms with E-state index in [9.17, 15) is 8.78 Å². The molecule has 59 valence electrons. The maximum atomic E-state index is 13.0. The van der Waals surface area contributed by atoms with Crippen LogP contribution < -0.4 is 0 Å². The Morgan fingerprint density at radius 3 is 2.92 bits per heavy atom. The van der Waals surface area contributed by atoms with E-state index in [0.29, 0.717) is 5.39 Å². The number of hydrogen-bond donors (Lipinski definition) is 0. The van der Waals surface area contributed by atoms with E-state index in [1.54, 1.807) is 0 Å². The molecule has 0 amide bonds. The monoisotopic (exact) mass is 164 g/mol. The van der Waals surface area contributed by atoms with Gasteiger partial charge in [-0.1, -0.05) is 0 Å². The first-order valence-electron chi connectivity index (χ1n) is 3.39. The molecule has 3 heteroatoms. The molecule has 0 saturated carbocycles. The largest absolute Gasteiger partial charge is 0.246 e. The molecule has 0 bridgehead atoms. The van der Waals surface area contributed by atoms with Crippen molar-refractivity contribution in [3.63, 3.8) is 0 Å². The summed E-state index contributed by atoms with van der Waals surface area (Å²) in [6.45, 7) is 0. The van der Waals surface area contributed by atoms with E-state index in [-0.39, 0.29) is 5.52 Å². The van der Waals surface area contributed by atoms with Gasteiger partial charge < -0.3 is 0 Å². The molecule has 12 heavy (non-hydrogen) atoms. The van der Waals surface area contributed by atoms with Crippen molar-refractivity contribution in [3.8, 4) is 0 Å². The maximum absolute atomic E-state index is 13.0. The molecule has 0 atom stereocenters. The molecule has 0 unspecified atom stereocenters. The minimum atomic E-state index is -0.618. The van der Waals surface area contributed by atoms with Gasteiger partial charge in [-0.15, -0.1) is 0 Å². The molecular formula is C9H4F2N. The van der Waals surface area contributed by atoms with E-state index in [0.717, 1.165) is 6.07 Å². The van der Waals surface area contributed by atoms with Crippen molar-refractivity contribution in [2.24, 2.45) is 0 Å². The maximum Gasteiger partial charge on any atom is 0.135 e. The van der Waals surface area contributed by atoms with Crippen molar-refractivity contribution in [3.05, 3.63) is 42.1 Å². The second-order valence-corrected chi connectivity index (χ2v) is 2.39. The average Bonchev–Trinajstić information content (AvgIpc) is 2.04. The normalized spacial score (nSPS) is 10.5. The number of nitrogens with zero attached hydrogens (tertiary/aromatic N) is 1. The lowest BCUT2D eigenvalue weighted by Crippen LogP contribution is -1.85. The van der Waals surface area contributed by atoms with Gasteiger partial charge in [-0.2, -0.15) is 0 Å². The summed E-state index contributed by atoms with van der Waals surface area (Å²) in [6.07, 6.45) is 2.51. The Labute approximate surface area is 67.7 Å². The summed E-state index contributed by atoms with van der Waals surface area (Å²) in [6, 6.07) is 5.01. The van der Waals surface area contributed by atoms with Gasteiger partial charge in [-0.3, -0.25) is 0 Å². The first-order chi connectivity index (χ1) is 5.77. The van der Waals surface area contributed by atoms with Gasteiger partial charge in [0.1, 0.15) is 11.6 Å². The van der Waals surface area contributed by atoms with Crippen LogP contribution in [0.2, 0.25) is 0 Å². The van der Waals surface area contributed by atoms with Gasteiger partial charge in [0.05, 0.1) is 11.7 Å². The lowest BCUT2D eigenvalue weighted by Gasteiger charge is -1.96. The van der Waals surface area contributed by atoms with Crippen molar-refractivity contribution in [2.45, 2.75) is 0 Å². The number of rotatable bonds is 0. The van der Waals surface area contributed by atoms with Crippen LogP contribution in [0.5, 0.6) is 0 Å². The van der Waals surface area contributed by atoms with Gasteiger partial charge in [-0.05, 0) is 12.1 Å². The molecule has 2 rings (SSSR count). The van der Waals surface area contributed by atoms with Crippen molar-refractivity contribution >= 4 is 10.9 Å². The summed E-state index contributed by atoms with van der Waals surface area (Å²) in [7, 11) is 0. The number of hydrogen-bond acceptors (Lipinski definition) is 1. The number of aromatic nitrogens is 1. The summed E-state index contributed by atoms with van der Waals surface area (Å²) in [4.78, 5) is 3.70. The number of benzene rings is 1. The number of pyridine rings is 1. The van der Waals surface area contributed by atoms with Gasteiger partial charge in [0, 0.05) is 17.5 Å². The Kier molecular flexibility index (Phi) is 1.50. The minimum Gasteiger partial charge on any atom is -0.246 e. The zero-order valence-corrected chi connectivity index (χ0v) is 6.01. The number of halogens is 2. The van der Waals surface area contributed by atoms with Crippen molar-refractivity contribution < 1.29 is 8.78 Å². The fourth-order valence-electron chi connectivity index (χ4n) is 1.06. The second-order valence-electron chi connectivity index (χ2n) is 2.39. The third kappa shape index (κ3) is 1.03. The molecule has 1 aromatic carbocycles. The Hall–Kier alpha value is -1.51. The van der Waals surface area contributed by atoms with Crippen molar-refractivity contribution in [1.29, 1.82) is 0 Å². The molecule has 0 N–H and O–H groups in total. The smallest absolute Gasteiger partial charge is 0.135 e. The van der Waals surface area contributed by atoms with Gasteiger partial charge in [0.25, 0.3) is 0 Å². The predicted molar refractivity (Wildman–Crippen MR) is 40.5 cm³/mol. The number of fused-ring (bicyclic) bond motifs is 1. The van der Waals surface area contributed by atoms with Crippen LogP contribution in [0.4, 0.5) is 8.78 Å². The summed E-state index contributed by atoms with van der Waals surface area (Å²) >= 11 is 0. The highest BCUT2D eigenvalue weighted by Gasteiger charge is 2.02. The van der Waals surface area contributed by atoms with E-state index in [2.05, 4.69) is 11.2 Å². The van der Waals surface area contributed by atoms with E-state index >= 15 is 0 Å². The van der Waals surface area contributed by atoms with E-state index in [4.69, 9.17) is 0 Å². The first kappa shape index (κ1) is 7.16. The van der Waals surface area contributed by atoms with Crippen LogP contribution >= 0.6 is 0 Å². The van der Waals surface area contributed by atoms with Crippen LogP contribution in [-0.2, 0) is 0 Å². The SMILES string of the molecule is Fc1cc(F)c2cc[c]nc2c1. The Bertz CT molecular complexity index is 426. The van der Waals surface area contributed by atoms with E-state index < -0.39 is 11.6 Å². The van der Waals surface area contributed by atoms with E-state index in [1.807, 2.05) is 0 Å². The molecule has 0 aliphatic heterocycles. The Morgan fingerprint density at radius 2 is 2.08 bits per heavy atom. The zero-order chi connectivity index (χ0) is 8.55. The van der Waals surface area contributed by atoms with Crippen molar-refractivity contribution in [1.82, 2.24) is 4.98 Å². The van der Waals surface area contributed by atoms with Crippen LogP contribution in [-0.4, -0.2) is 4.98 Å². The Balaban J connectivity index is 2.89. The molecule has 0 aliphatic rings. The summed E-state index contributed by atoms with van der Waals surface area (Å²) < 4.78 is 25.6. The van der Waals surface area contributed by atoms with Gasteiger partial charge in [-0.25, -0.2) is 13.8 Å². The van der Waals surface area contributed by atoms with E-state index in [1.165, 1.54) is 18.2 Å². The predicted octanol–water partition coefficient (Wildman–Crippen LogP) is 2.31. The second kappa shape index (κ2) is 2.52. The van der Waals surface area contributed by atoms with Gasteiger partial charge >= 0.3 is 0 Å². The van der Waals surface area contributed by atoms with Crippen LogP contribution in [0.25, 0.3) is 10.9 Å². The molecule has 1 nitrogen and oxygen atoms in total. The molecule has 2 aromatic rings. The topological polar surface area (TPSA) is 12.9 Å². The van der Waals surface area contributed by atoms with Crippen molar-refractivity contribution in [2.75, 3.05) is 0 Å². The summed E-state index contributed by atoms with van der Waals surface area (Å²) in [5.41, 5.74) is 0.287. The highest BCUT2D eigenvalue weighted by atomic mass is 19.1. The molecule has 1 radical (unpaired) electrons. The third-order valence-corrected chi connectivity index (χ3v) is 1.58. The lowest BCUT2D eigenvalue weighted by atomic mass is 10.2. The lowest BCUT2D eigenvalue weighted by molar-refractivity contribution is 0.591. The standard InChI is InChI=1S/C9H4F2N/c10-6-4-8(11)7-2-1-3-12-9(7)5-6/h1-2,4-5H. The molecule has 0 aliphatic carbocycles. The van der Waals surface area contributed by atoms with Crippen LogP contribution in [0, 0.1) is 17.8 Å². The van der Waals surface area contributed by atoms with Crippen LogP contribution in [0.1, 0.15) is 0 Å². The molecule has 1 aromatic heterocycles. The van der Waals surface area contributed by atoms with Crippen LogP contribution in [0.3, 0.4) is 0 Å². The highest BCUT2D eigenvalue weighted by Crippen LogP contribution is 2.16. The molecule has 0 spiro atoms. The summed E-state index contributed by atoms with van der Waals surface area (Å²) in [5.74, 6) is -1.21. The molecule has 0 saturated heterocycles. The zero-order valence-electron chi connectivity index (χ0n) is 6.01. The fraction of sp³-hybridized carbons (Fsp3) is 0.